The van der Waals surface area contributed by atoms with Crippen LogP contribution in [0.5, 0.6) is 5.75 Å². The van der Waals surface area contributed by atoms with E-state index in [1.807, 2.05) is 60.7 Å². The lowest BCUT2D eigenvalue weighted by Gasteiger charge is -2.36. The summed E-state index contributed by atoms with van der Waals surface area (Å²) in [5.41, 5.74) is 1.30. The molecule has 0 saturated carbocycles. The van der Waals surface area contributed by atoms with E-state index in [9.17, 15) is 4.79 Å². The first kappa shape index (κ1) is 19.9. The van der Waals surface area contributed by atoms with E-state index in [-0.39, 0.29) is 19.1 Å². The normalized spacial score (nSPS) is 15.1. The standard InChI is InChI=1S/C25H24N2O3/c28-24(25(13-18-29-19-14-25)21-10-2-1-3-11-21)27-15-4-5-17-30-22-12-6-8-20-9-7-16-26-23(20)22/h1-3,6-12,16H,13-15,17-19H2,(H,27,28). The second kappa shape index (κ2) is 9.43. The molecule has 0 unspecified atom stereocenters. The number of aromatic nitrogens is 1. The zero-order valence-electron chi connectivity index (χ0n) is 16.8. The van der Waals surface area contributed by atoms with Gasteiger partial charge in [-0.1, -0.05) is 60.4 Å². The van der Waals surface area contributed by atoms with Crippen LogP contribution in [0.15, 0.2) is 66.9 Å². The van der Waals surface area contributed by atoms with Crippen molar-refractivity contribution < 1.29 is 14.3 Å². The van der Waals surface area contributed by atoms with Crippen molar-refractivity contribution in [3.8, 4) is 17.6 Å². The minimum Gasteiger partial charge on any atom is -0.479 e. The second-order valence-electron chi connectivity index (χ2n) is 7.22. The maximum Gasteiger partial charge on any atom is 0.231 e. The van der Waals surface area contributed by atoms with E-state index in [4.69, 9.17) is 9.47 Å². The molecule has 30 heavy (non-hydrogen) atoms. The number of pyridine rings is 1. The van der Waals surface area contributed by atoms with Gasteiger partial charge in [-0.3, -0.25) is 9.78 Å². The Morgan fingerprint density at radius 1 is 1.03 bits per heavy atom. The van der Waals surface area contributed by atoms with Crippen LogP contribution in [0.4, 0.5) is 0 Å². The Bertz CT molecular complexity index is 1060. The van der Waals surface area contributed by atoms with Crippen molar-refractivity contribution in [3.63, 3.8) is 0 Å². The summed E-state index contributed by atoms with van der Waals surface area (Å²) in [7, 11) is 0. The number of fused-ring (bicyclic) bond motifs is 1. The predicted octanol–water partition coefficient (Wildman–Crippen LogP) is 3.48. The molecule has 152 valence electrons. The molecule has 1 aliphatic rings. The first-order valence-corrected chi connectivity index (χ1v) is 10.1. The van der Waals surface area contributed by atoms with Crippen molar-refractivity contribution >= 4 is 16.8 Å². The van der Waals surface area contributed by atoms with E-state index in [1.54, 1.807) is 6.20 Å². The average Bonchev–Trinajstić information content (AvgIpc) is 2.82. The summed E-state index contributed by atoms with van der Waals surface area (Å²) in [6.45, 7) is 1.69. The number of benzene rings is 2. The molecule has 3 aromatic rings. The van der Waals surface area contributed by atoms with E-state index in [2.05, 4.69) is 22.1 Å². The molecular weight excluding hydrogens is 376 g/mol. The van der Waals surface area contributed by atoms with Gasteiger partial charge in [0.15, 0.2) is 0 Å². The lowest BCUT2D eigenvalue weighted by atomic mass is 9.73. The fraction of sp³-hybridized carbons (Fsp3) is 0.280. The Balaban J connectivity index is 1.35. The molecule has 1 N–H and O–H groups in total. The van der Waals surface area contributed by atoms with Crippen LogP contribution in [0.25, 0.3) is 10.9 Å². The number of nitrogens with zero attached hydrogens (tertiary/aromatic N) is 1. The topological polar surface area (TPSA) is 60.5 Å². The highest BCUT2D eigenvalue weighted by Gasteiger charge is 2.41. The van der Waals surface area contributed by atoms with Crippen LogP contribution in [0, 0.1) is 11.8 Å². The molecule has 0 bridgehead atoms. The number of nitrogens with one attached hydrogen (secondary N) is 1. The third kappa shape index (κ3) is 4.29. The molecule has 0 aliphatic carbocycles. The molecule has 5 nitrogen and oxygen atoms in total. The number of para-hydroxylation sites is 1. The predicted molar refractivity (Wildman–Crippen MR) is 116 cm³/mol. The summed E-state index contributed by atoms with van der Waals surface area (Å²) in [5, 5.41) is 4.01. The van der Waals surface area contributed by atoms with Gasteiger partial charge in [0.1, 0.15) is 17.9 Å². The molecule has 4 rings (SSSR count). The molecule has 1 aliphatic heterocycles. The summed E-state index contributed by atoms with van der Waals surface area (Å²) in [6, 6.07) is 19.6. The smallest absolute Gasteiger partial charge is 0.231 e. The number of rotatable bonds is 5. The van der Waals surface area contributed by atoms with E-state index >= 15 is 0 Å². The molecule has 0 radical (unpaired) electrons. The van der Waals surface area contributed by atoms with Crippen molar-refractivity contribution in [2.45, 2.75) is 18.3 Å². The van der Waals surface area contributed by atoms with Crippen LogP contribution < -0.4 is 10.1 Å². The van der Waals surface area contributed by atoms with E-state index in [0.29, 0.717) is 31.8 Å². The number of carbonyl (C=O) groups is 1. The van der Waals surface area contributed by atoms with E-state index in [1.165, 1.54) is 0 Å². The van der Waals surface area contributed by atoms with Crippen LogP contribution in [-0.2, 0) is 14.9 Å². The summed E-state index contributed by atoms with van der Waals surface area (Å²) >= 11 is 0. The Kier molecular flexibility index (Phi) is 6.26. The minimum absolute atomic E-state index is 0.00507. The Labute approximate surface area is 176 Å². The Hall–Kier alpha value is -3.36. The fourth-order valence-corrected chi connectivity index (χ4v) is 3.84. The van der Waals surface area contributed by atoms with Crippen molar-refractivity contribution in [2.24, 2.45) is 0 Å². The fourth-order valence-electron chi connectivity index (χ4n) is 3.84. The van der Waals surface area contributed by atoms with Crippen LogP contribution >= 0.6 is 0 Å². The van der Waals surface area contributed by atoms with Gasteiger partial charge in [-0.2, -0.15) is 0 Å². The number of amides is 1. The average molecular weight is 400 g/mol. The third-order valence-corrected chi connectivity index (χ3v) is 5.47. The van der Waals surface area contributed by atoms with Crippen LogP contribution in [-0.4, -0.2) is 37.3 Å². The highest BCUT2D eigenvalue weighted by atomic mass is 16.5. The third-order valence-electron chi connectivity index (χ3n) is 5.47. The van der Waals surface area contributed by atoms with Crippen molar-refractivity contribution in [1.29, 1.82) is 0 Å². The van der Waals surface area contributed by atoms with Gasteiger partial charge in [-0.15, -0.1) is 0 Å². The quantitative estimate of drug-likeness (QED) is 0.666. The molecule has 0 atom stereocenters. The molecule has 2 heterocycles. The number of hydrogen-bond donors (Lipinski definition) is 1. The van der Waals surface area contributed by atoms with Gasteiger partial charge in [0, 0.05) is 24.8 Å². The Morgan fingerprint density at radius 3 is 2.67 bits per heavy atom. The van der Waals surface area contributed by atoms with Crippen molar-refractivity contribution in [2.75, 3.05) is 26.4 Å². The minimum atomic E-state index is -0.549. The maximum atomic E-state index is 13.0. The van der Waals surface area contributed by atoms with Crippen LogP contribution in [0.1, 0.15) is 18.4 Å². The van der Waals surface area contributed by atoms with Gasteiger partial charge >= 0.3 is 0 Å². The van der Waals surface area contributed by atoms with Gasteiger partial charge < -0.3 is 14.8 Å². The maximum absolute atomic E-state index is 13.0. The van der Waals surface area contributed by atoms with Crippen molar-refractivity contribution in [3.05, 3.63) is 72.4 Å². The molecule has 1 fully saturated rings. The highest BCUT2D eigenvalue weighted by Crippen LogP contribution is 2.35. The highest BCUT2D eigenvalue weighted by molar-refractivity contribution is 5.88. The summed E-state index contributed by atoms with van der Waals surface area (Å²) in [4.78, 5) is 17.4. The molecule has 0 spiro atoms. The van der Waals surface area contributed by atoms with E-state index in [0.717, 1.165) is 16.5 Å². The largest absolute Gasteiger partial charge is 0.479 e. The van der Waals surface area contributed by atoms with Crippen molar-refractivity contribution in [1.82, 2.24) is 10.3 Å². The van der Waals surface area contributed by atoms with Gasteiger partial charge in [0.2, 0.25) is 5.91 Å². The monoisotopic (exact) mass is 400 g/mol. The number of carbonyl (C=O) groups excluding carboxylic acids is 1. The second-order valence-corrected chi connectivity index (χ2v) is 7.22. The molecular formula is C25H24N2O3. The first-order chi connectivity index (χ1) is 14.8. The first-order valence-electron chi connectivity index (χ1n) is 10.1. The number of hydrogen-bond acceptors (Lipinski definition) is 4. The molecule has 1 amide bonds. The van der Waals surface area contributed by atoms with E-state index < -0.39 is 5.41 Å². The van der Waals surface area contributed by atoms with Crippen LogP contribution in [0.2, 0.25) is 0 Å². The van der Waals surface area contributed by atoms with Gasteiger partial charge in [-0.25, -0.2) is 0 Å². The van der Waals surface area contributed by atoms with Gasteiger partial charge in [0.05, 0.1) is 12.0 Å². The molecule has 5 heteroatoms. The summed E-state index contributed by atoms with van der Waals surface area (Å²) in [5.74, 6) is 6.66. The zero-order chi connectivity index (χ0) is 20.7. The Morgan fingerprint density at radius 2 is 1.83 bits per heavy atom. The number of ether oxygens (including phenoxy) is 2. The SMILES string of the molecule is O=C(NCC#CCOc1cccc2cccnc12)C1(c2ccccc2)CCOCC1. The van der Waals surface area contributed by atoms with Gasteiger partial charge in [0.25, 0.3) is 0 Å². The lowest BCUT2D eigenvalue weighted by molar-refractivity contribution is -0.130. The molecule has 2 aromatic carbocycles. The van der Waals surface area contributed by atoms with Gasteiger partial charge in [-0.05, 0) is 30.5 Å². The lowest BCUT2D eigenvalue weighted by Crippen LogP contribution is -2.48. The summed E-state index contributed by atoms with van der Waals surface area (Å²) < 4.78 is 11.3. The van der Waals surface area contributed by atoms with Crippen LogP contribution in [0.3, 0.4) is 0 Å². The molecule has 1 saturated heterocycles. The zero-order valence-corrected chi connectivity index (χ0v) is 16.8. The summed E-state index contributed by atoms with van der Waals surface area (Å²) in [6.07, 6.45) is 3.09. The molecule has 1 aromatic heterocycles.